The molecule has 0 spiro atoms. The summed E-state index contributed by atoms with van der Waals surface area (Å²) in [6.45, 7) is 8.95. The largest absolute Gasteiger partial charge is 0.420 e. The van der Waals surface area contributed by atoms with Gasteiger partial charge in [0.1, 0.15) is 6.54 Å². The highest BCUT2D eigenvalue weighted by molar-refractivity contribution is 7.23. The third-order valence-electron chi connectivity index (χ3n) is 5.62. The van der Waals surface area contributed by atoms with Crippen molar-refractivity contribution in [2.45, 2.75) is 27.3 Å². The maximum absolute atomic E-state index is 13.5. The predicted octanol–water partition coefficient (Wildman–Crippen LogP) is 4.54. The van der Waals surface area contributed by atoms with Gasteiger partial charge in [0.2, 0.25) is 5.91 Å². The van der Waals surface area contributed by atoms with E-state index in [2.05, 4.69) is 18.7 Å². The number of benzene rings is 2. The van der Waals surface area contributed by atoms with Gasteiger partial charge in [0.05, 0.1) is 20.8 Å². The van der Waals surface area contributed by atoms with Gasteiger partial charge < -0.3 is 9.32 Å². The number of rotatable bonds is 8. The highest BCUT2D eigenvalue weighted by Crippen LogP contribution is 2.35. The smallest absolute Gasteiger partial charge is 0.408 e. The Bertz CT molecular complexity index is 1280. The van der Waals surface area contributed by atoms with Gasteiger partial charge in [0, 0.05) is 13.1 Å². The fraction of sp³-hybridized carbons (Fsp3) is 0.348. The van der Waals surface area contributed by atoms with Crippen LogP contribution in [0.3, 0.4) is 0 Å². The molecule has 0 fully saturated rings. The molecule has 4 rings (SSSR count). The number of aromatic nitrogens is 2. The lowest BCUT2D eigenvalue weighted by Gasteiger charge is -2.24. The number of hydrogen-bond acceptors (Lipinski definition) is 6. The summed E-state index contributed by atoms with van der Waals surface area (Å²) in [5, 5.41) is 1.19. The molecule has 0 bridgehead atoms. The molecule has 0 aliphatic heterocycles. The van der Waals surface area contributed by atoms with Crippen LogP contribution in [-0.2, 0) is 11.3 Å². The number of aryl methyl sites for hydroxylation is 1. The average Bonchev–Trinajstić information content (AvgIpc) is 3.37. The van der Waals surface area contributed by atoms with E-state index >= 15 is 0 Å². The van der Waals surface area contributed by atoms with Gasteiger partial charge in [-0.1, -0.05) is 55.0 Å². The van der Waals surface area contributed by atoms with E-state index in [4.69, 9.17) is 21.0 Å². The molecule has 1 amide bonds. The van der Waals surface area contributed by atoms with E-state index < -0.39 is 5.76 Å². The molecule has 0 saturated heterocycles. The maximum Gasteiger partial charge on any atom is 0.420 e. The number of hydrogen-bond donors (Lipinski definition) is 0. The Labute approximate surface area is 194 Å². The number of amides is 1. The summed E-state index contributed by atoms with van der Waals surface area (Å²) in [6, 6.07) is 10.9. The molecular formula is C23H25ClN4O3S. The summed E-state index contributed by atoms with van der Waals surface area (Å²) in [5.74, 6) is -0.773. The van der Waals surface area contributed by atoms with Crippen LogP contribution in [0.1, 0.15) is 19.4 Å². The van der Waals surface area contributed by atoms with Gasteiger partial charge in [-0.3, -0.25) is 14.3 Å². The quantitative estimate of drug-likeness (QED) is 0.376. The maximum atomic E-state index is 13.5. The molecule has 0 saturated carbocycles. The second-order valence-electron chi connectivity index (χ2n) is 7.53. The summed E-state index contributed by atoms with van der Waals surface area (Å²) < 4.78 is 7.52. The first-order valence-corrected chi connectivity index (χ1v) is 11.8. The van der Waals surface area contributed by atoms with Gasteiger partial charge in [-0.25, -0.2) is 9.78 Å². The van der Waals surface area contributed by atoms with E-state index in [-0.39, 0.29) is 12.5 Å². The first-order valence-electron chi connectivity index (χ1n) is 10.6. The van der Waals surface area contributed by atoms with Crippen molar-refractivity contribution in [3.63, 3.8) is 0 Å². The Morgan fingerprint density at radius 2 is 1.91 bits per heavy atom. The van der Waals surface area contributed by atoms with Crippen LogP contribution in [-0.4, -0.2) is 46.5 Å². The summed E-state index contributed by atoms with van der Waals surface area (Å²) in [6.07, 6.45) is 0. The molecule has 4 aromatic rings. The van der Waals surface area contributed by atoms with Crippen LogP contribution in [0.15, 0.2) is 45.6 Å². The van der Waals surface area contributed by atoms with Crippen molar-refractivity contribution in [3.8, 4) is 0 Å². The van der Waals surface area contributed by atoms with Gasteiger partial charge in [-0.15, -0.1) is 0 Å². The number of nitrogens with zero attached hydrogens (tertiary/aromatic N) is 4. The normalized spacial score (nSPS) is 11.7. The number of carbonyl (C=O) groups is 1. The number of carbonyl (C=O) groups excluding carboxylic acids is 1. The van der Waals surface area contributed by atoms with E-state index in [0.29, 0.717) is 34.3 Å². The van der Waals surface area contributed by atoms with E-state index in [1.807, 2.05) is 25.1 Å². The minimum absolute atomic E-state index is 0.128. The van der Waals surface area contributed by atoms with Crippen LogP contribution in [0.5, 0.6) is 0 Å². The van der Waals surface area contributed by atoms with Crippen molar-refractivity contribution in [1.29, 1.82) is 0 Å². The highest BCUT2D eigenvalue weighted by Gasteiger charge is 2.23. The standard InChI is InChI=1S/C23H25ClN4O3S/c1-4-26(5-2)12-13-27(22-25-20-15(3)10-11-16(24)21(20)32-22)19(29)14-28-17-8-6-7-9-18(17)31-23(28)30/h6-11H,4-5,12-14H2,1-3H3. The van der Waals surface area contributed by atoms with Crippen LogP contribution >= 0.6 is 22.9 Å². The van der Waals surface area contributed by atoms with E-state index in [1.54, 1.807) is 23.1 Å². The summed E-state index contributed by atoms with van der Waals surface area (Å²) in [7, 11) is 0. The Kier molecular flexibility index (Phi) is 6.64. The zero-order valence-electron chi connectivity index (χ0n) is 18.3. The molecule has 2 heterocycles. The summed E-state index contributed by atoms with van der Waals surface area (Å²) in [4.78, 5) is 34.5. The zero-order valence-corrected chi connectivity index (χ0v) is 19.9. The van der Waals surface area contributed by atoms with Crippen molar-refractivity contribution in [2.75, 3.05) is 31.1 Å². The summed E-state index contributed by atoms with van der Waals surface area (Å²) in [5.41, 5.74) is 2.85. The third kappa shape index (κ3) is 4.30. The Morgan fingerprint density at radius 1 is 1.16 bits per heavy atom. The van der Waals surface area contributed by atoms with E-state index in [9.17, 15) is 9.59 Å². The molecule has 2 aromatic carbocycles. The molecule has 0 aliphatic carbocycles. The molecule has 0 unspecified atom stereocenters. The molecule has 0 radical (unpaired) electrons. The minimum atomic E-state index is -0.550. The lowest BCUT2D eigenvalue weighted by molar-refractivity contribution is -0.119. The topological polar surface area (TPSA) is 71.6 Å². The first kappa shape index (κ1) is 22.5. The Balaban J connectivity index is 1.71. The van der Waals surface area contributed by atoms with Crippen LogP contribution < -0.4 is 10.7 Å². The lowest BCUT2D eigenvalue weighted by Crippen LogP contribution is -2.41. The molecule has 168 valence electrons. The van der Waals surface area contributed by atoms with E-state index in [0.717, 1.165) is 28.9 Å². The number of oxazole rings is 1. The predicted molar refractivity (Wildman–Crippen MR) is 130 cm³/mol. The molecule has 0 atom stereocenters. The fourth-order valence-corrected chi connectivity index (χ4v) is 5.06. The molecule has 2 aromatic heterocycles. The number of halogens is 1. The van der Waals surface area contributed by atoms with Crippen LogP contribution in [0, 0.1) is 6.92 Å². The van der Waals surface area contributed by atoms with Crippen molar-refractivity contribution in [1.82, 2.24) is 14.5 Å². The molecule has 7 nitrogen and oxygen atoms in total. The second-order valence-corrected chi connectivity index (χ2v) is 8.92. The highest BCUT2D eigenvalue weighted by atomic mass is 35.5. The van der Waals surface area contributed by atoms with Crippen LogP contribution in [0.4, 0.5) is 5.13 Å². The molecular weight excluding hydrogens is 448 g/mol. The fourth-order valence-electron chi connectivity index (χ4n) is 3.70. The zero-order chi connectivity index (χ0) is 22.8. The monoisotopic (exact) mass is 472 g/mol. The van der Waals surface area contributed by atoms with Gasteiger partial charge in [0.15, 0.2) is 10.7 Å². The number of anilines is 1. The van der Waals surface area contributed by atoms with Crippen molar-refractivity contribution in [3.05, 3.63) is 57.5 Å². The third-order valence-corrected chi connectivity index (χ3v) is 7.16. The molecule has 32 heavy (non-hydrogen) atoms. The Morgan fingerprint density at radius 3 is 2.62 bits per heavy atom. The van der Waals surface area contributed by atoms with Crippen molar-refractivity contribution >= 4 is 55.3 Å². The molecule has 0 N–H and O–H groups in total. The Hall–Kier alpha value is -2.68. The summed E-state index contributed by atoms with van der Waals surface area (Å²) >= 11 is 7.80. The van der Waals surface area contributed by atoms with Gasteiger partial charge in [0.25, 0.3) is 0 Å². The first-order chi connectivity index (χ1) is 15.4. The lowest BCUT2D eigenvalue weighted by atomic mass is 10.2. The molecule has 0 aliphatic rings. The van der Waals surface area contributed by atoms with Crippen molar-refractivity contribution in [2.24, 2.45) is 0 Å². The number of fused-ring (bicyclic) bond motifs is 2. The minimum Gasteiger partial charge on any atom is -0.408 e. The second kappa shape index (κ2) is 9.44. The number of likely N-dealkylation sites (N-methyl/N-ethyl adjacent to an activating group) is 1. The van der Waals surface area contributed by atoms with Gasteiger partial charge in [-0.2, -0.15) is 0 Å². The van der Waals surface area contributed by atoms with Crippen LogP contribution in [0.25, 0.3) is 21.3 Å². The number of thiazole rings is 1. The van der Waals surface area contributed by atoms with Gasteiger partial charge >= 0.3 is 5.76 Å². The van der Waals surface area contributed by atoms with Crippen molar-refractivity contribution < 1.29 is 9.21 Å². The van der Waals surface area contributed by atoms with E-state index in [1.165, 1.54) is 15.9 Å². The molecule has 9 heteroatoms. The van der Waals surface area contributed by atoms with Crippen LogP contribution in [0.2, 0.25) is 5.02 Å². The average molecular weight is 473 g/mol. The number of para-hydroxylation sites is 2. The van der Waals surface area contributed by atoms with Gasteiger partial charge in [-0.05, 0) is 43.8 Å². The SMILES string of the molecule is CCN(CC)CCN(C(=O)Cn1c(=O)oc2ccccc21)c1nc2c(C)ccc(Cl)c2s1.